The van der Waals surface area contributed by atoms with Crippen molar-refractivity contribution in [2.75, 3.05) is 12.9 Å². The quantitative estimate of drug-likeness (QED) is 0.488. The van der Waals surface area contributed by atoms with Crippen LogP contribution in [0.3, 0.4) is 0 Å². The monoisotopic (exact) mass is 363 g/mol. The number of hydrogen-bond donors (Lipinski definition) is 3. The van der Waals surface area contributed by atoms with E-state index in [1.165, 1.54) is 0 Å². The molecule has 25 heavy (non-hydrogen) atoms. The summed E-state index contributed by atoms with van der Waals surface area (Å²) in [5, 5.41) is 9.37. The van der Waals surface area contributed by atoms with E-state index in [2.05, 4.69) is 16.0 Å². The molecule has 2 aliphatic rings. The van der Waals surface area contributed by atoms with Crippen molar-refractivity contribution >= 4 is 23.7 Å². The molecule has 6 nitrogen and oxygen atoms in total. The zero-order valence-electron chi connectivity index (χ0n) is 14.4. The maximum atomic E-state index is 12.0. The first-order chi connectivity index (χ1) is 12.2. The lowest BCUT2D eigenvalue weighted by Gasteiger charge is -2.16. The van der Waals surface area contributed by atoms with Gasteiger partial charge in [0.05, 0.1) is 19.2 Å². The fraction of sp³-hybridized carbons (Fsp3) is 0.556. The Labute approximate surface area is 152 Å². The molecule has 0 aromatic heterocycles. The van der Waals surface area contributed by atoms with Crippen molar-refractivity contribution in [1.29, 1.82) is 0 Å². The number of fused-ring (bicyclic) bond motifs is 1. The summed E-state index contributed by atoms with van der Waals surface area (Å²) in [6, 6.07) is 8.17. The number of ether oxygens (including phenoxy) is 1. The second kappa shape index (κ2) is 8.47. The van der Waals surface area contributed by atoms with Gasteiger partial charge in [0.2, 0.25) is 5.91 Å². The van der Waals surface area contributed by atoms with Crippen LogP contribution in [0.1, 0.15) is 31.2 Å². The van der Waals surface area contributed by atoms with E-state index in [-0.39, 0.29) is 24.0 Å². The van der Waals surface area contributed by atoms with Gasteiger partial charge in [-0.05, 0) is 18.9 Å². The topological polar surface area (TPSA) is 79.5 Å². The third-order valence-corrected chi connectivity index (χ3v) is 6.26. The van der Waals surface area contributed by atoms with Crippen molar-refractivity contribution < 1.29 is 14.3 Å². The van der Waals surface area contributed by atoms with Crippen molar-refractivity contribution in [1.82, 2.24) is 16.0 Å². The van der Waals surface area contributed by atoms with Crippen molar-refractivity contribution in [3.05, 3.63) is 29.8 Å². The van der Waals surface area contributed by atoms with E-state index in [4.69, 9.17) is 4.74 Å². The zero-order chi connectivity index (χ0) is 17.6. The maximum Gasteiger partial charge on any atom is 0.315 e. The number of hydrogen-bond acceptors (Lipinski definition) is 4. The van der Waals surface area contributed by atoms with E-state index >= 15 is 0 Å². The molecule has 0 bridgehead atoms. The van der Waals surface area contributed by atoms with Crippen LogP contribution in [0.2, 0.25) is 0 Å². The van der Waals surface area contributed by atoms with Gasteiger partial charge < -0.3 is 20.7 Å². The first-order valence-electron chi connectivity index (χ1n) is 8.74. The molecule has 1 aromatic carbocycles. The van der Waals surface area contributed by atoms with Crippen LogP contribution in [-0.4, -0.2) is 42.1 Å². The zero-order valence-corrected chi connectivity index (χ0v) is 15.2. The van der Waals surface area contributed by atoms with Gasteiger partial charge in [0.1, 0.15) is 5.75 Å². The largest absolute Gasteiger partial charge is 0.496 e. The summed E-state index contributed by atoms with van der Waals surface area (Å²) in [5.74, 6) is 1.84. The summed E-state index contributed by atoms with van der Waals surface area (Å²) < 4.78 is 5.29. The van der Waals surface area contributed by atoms with Crippen molar-refractivity contribution in [2.24, 2.45) is 0 Å². The van der Waals surface area contributed by atoms with Crippen molar-refractivity contribution in [2.45, 2.75) is 49.6 Å². The van der Waals surface area contributed by atoms with Gasteiger partial charge in [0, 0.05) is 29.5 Å². The normalized spacial score (nSPS) is 24.4. The lowest BCUT2D eigenvalue weighted by molar-refractivity contribution is -0.121. The number of urea groups is 1. The molecular weight excluding hydrogens is 338 g/mol. The summed E-state index contributed by atoms with van der Waals surface area (Å²) in [5.41, 5.74) is 0.983. The van der Waals surface area contributed by atoms with Crippen molar-refractivity contribution in [3.63, 3.8) is 0 Å². The van der Waals surface area contributed by atoms with Crippen LogP contribution >= 0.6 is 11.8 Å². The summed E-state index contributed by atoms with van der Waals surface area (Å²) in [7, 11) is 1.63. The first-order valence-corrected chi connectivity index (χ1v) is 9.79. The van der Waals surface area contributed by atoms with Gasteiger partial charge in [-0.3, -0.25) is 4.79 Å². The minimum absolute atomic E-state index is 0.0454. The molecule has 0 spiro atoms. The minimum atomic E-state index is -0.0454. The molecule has 3 rings (SSSR count). The highest BCUT2D eigenvalue weighted by atomic mass is 32.2. The molecule has 3 N–H and O–H groups in total. The minimum Gasteiger partial charge on any atom is -0.496 e. The smallest absolute Gasteiger partial charge is 0.315 e. The van der Waals surface area contributed by atoms with Crippen LogP contribution in [0.25, 0.3) is 0 Å². The van der Waals surface area contributed by atoms with E-state index in [0.29, 0.717) is 18.2 Å². The fourth-order valence-electron chi connectivity index (χ4n) is 3.41. The summed E-state index contributed by atoms with van der Waals surface area (Å²) in [6.45, 7) is 0.489. The molecule has 0 radical (unpaired) electrons. The number of unbranched alkanes of at least 4 members (excludes halogenated alkanes) is 1. The SMILES string of the molecule is COc1ccccc1CNC(=O)CCCCC1SCC2NC(=O)NC21. The summed E-state index contributed by atoms with van der Waals surface area (Å²) >= 11 is 1.92. The average molecular weight is 363 g/mol. The third kappa shape index (κ3) is 4.60. The number of carbonyl (C=O) groups is 2. The highest BCUT2D eigenvalue weighted by Gasteiger charge is 2.42. The average Bonchev–Trinajstić information content (AvgIpc) is 3.16. The Hall–Kier alpha value is -1.89. The van der Waals surface area contributed by atoms with Crippen LogP contribution < -0.4 is 20.7 Å². The molecule has 136 valence electrons. The van der Waals surface area contributed by atoms with E-state index in [0.717, 1.165) is 36.3 Å². The number of benzene rings is 1. The van der Waals surface area contributed by atoms with Gasteiger partial charge in [-0.2, -0.15) is 11.8 Å². The van der Waals surface area contributed by atoms with Crippen LogP contribution in [0, 0.1) is 0 Å². The molecule has 3 amide bonds. The Morgan fingerprint density at radius 2 is 2.16 bits per heavy atom. The van der Waals surface area contributed by atoms with Gasteiger partial charge in [0.25, 0.3) is 0 Å². The van der Waals surface area contributed by atoms with Crippen LogP contribution in [0.15, 0.2) is 24.3 Å². The number of amides is 3. The predicted molar refractivity (Wildman–Crippen MR) is 98.8 cm³/mol. The molecule has 2 saturated heterocycles. The third-order valence-electron chi connectivity index (χ3n) is 4.75. The van der Waals surface area contributed by atoms with E-state index in [1.54, 1.807) is 7.11 Å². The Morgan fingerprint density at radius 1 is 1.32 bits per heavy atom. The van der Waals surface area contributed by atoms with Gasteiger partial charge in [-0.1, -0.05) is 24.6 Å². The van der Waals surface area contributed by atoms with Crippen LogP contribution in [0.4, 0.5) is 4.79 Å². The standard InChI is InChI=1S/C18H25N3O3S/c1-24-14-7-3-2-6-12(14)10-19-16(22)9-5-4-8-15-17-13(11-25-15)20-18(23)21-17/h2-3,6-7,13,15,17H,4-5,8-11H2,1H3,(H,19,22)(H2,20,21,23). The molecule has 1 aromatic rings. The van der Waals surface area contributed by atoms with Gasteiger partial charge in [0.15, 0.2) is 0 Å². The van der Waals surface area contributed by atoms with E-state index in [1.807, 2.05) is 36.0 Å². The molecule has 2 fully saturated rings. The molecule has 0 saturated carbocycles. The van der Waals surface area contributed by atoms with E-state index in [9.17, 15) is 9.59 Å². The number of methoxy groups -OCH3 is 1. The lowest BCUT2D eigenvalue weighted by Crippen LogP contribution is -2.36. The van der Waals surface area contributed by atoms with E-state index < -0.39 is 0 Å². The Balaban J connectivity index is 1.32. The highest BCUT2D eigenvalue weighted by molar-refractivity contribution is 8.00. The van der Waals surface area contributed by atoms with Gasteiger partial charge in [-0.25, -0.2) is 4.79 Å². The van der Waals surface area contributed by atoms with Crippen LogP contribution in [0.5, 0.6) is 5.75 Å². The molecule has 0 aliphatic carbocycles. The molecule has 2 aliphatic heterocycles. The number of rotatable bonds is 8. The molecule has 2 heterocycles. The highest BCUT2D eigenvalue weighted by Crippen LogP contribution is 2.33. The second-order valence-corrected chi connectivity index (χ2v) is 7.73. The van der Waals surface area contributed by atoms with Gasteiger partial charge in [-0.15, -0.1) is 0 Å². The summed E-state index contributed by atoms with van der Waals surface area (Å²) in [6.07, 6.45) is 3.44. The predicted octanol–water partition coefficient (Wildman–Crippen LogP) is 2.04. The fourth-order valence-corrected chi connectivity index (χ4v) is 4.95. The Kier molecular flexibility index (Phi) is 6.07. The molecular formula is C18H25N3O3S. The number of thioether (sulfide) groups is 1. The molecule has 3 atom stereocenters. The number of para-hydroxylation sites is 1. The van der Waals surface area contributed by atoms with Crippen molar-refractivity contribution in [3.8, 4) is 5.75 Å². The lowest BCUT2D eigenvalue weighted by atomic mass is 10.0. The Morgan fingerprint density at radius 3 is 3.00 bits per heavy atom. The maximum absolute atomic E-state index is 12.0. The van der Waals surface area contributed by atoms with Crippen LogP contribution in [-0.2, 0) is 11.3 Å². The number of nitrogens with one attached hydrogen (secondary N) is 3. The summed E-state index contributed by atoms with van der Waals surface area (Å²) in [4.78, 5) is 23.4. The number of carbonyl (C=O) groups excluding carboxylic acids is 2. The van der Waals surface area contributed by atoms with Gasteiger partial charge >= 0.3 is 6.03 Å². The first kappa shape index (κ1) is 17.9. The second-order valence-electron chi connectivity index (χ2n) is 6.46. The molecule has 7 heteroatoms. The Bertz CT molecular complexity index is 625. The molecule has 3 unspecified atom stereocenters.